The van der Waals surface area contributed by atoms with Gasteiger partial charge in [0.1, 0.15) is 11.6 Å². The summed E-state index contributed by atoms with van der Waals surface area (Å²) in [5, 5.41) is 8.62. The minimum atomic E-state index is 0.249. The molecule has 2 atom stereocenters. The predicted molar refractivity (Wildman–Crippen MR) is 68.9 cm³/mol. The lowest BCUT2D eigenvalue weighted by Gasteiger charge is -2.23. The number of aryl methyl sites for hydroxylation is 1. The Balaban J connectivity index is 2.31. The second kappa shape index (κ2) is 5.17. The lowest BCUT2D eigenvalue weighted by molar-refractivity contribution is 0.442. The molecule has 0 amide bonds. The molecule has 0 radical (unpaired) electrons. The van der Waals surface area contributed by atoms with Gasteiger partial charge in [0, 0.05) is 18.0 Å². The van der Waals surface area contributed by atoms with E-state index in [1.54, 1.807) is 0 Å². The van der Waals surface area contributed by atoms with Gasteiger partial charge in [-0.05, 0) is 33.6 Å². The van der Waals surface area contributed by atoms with Crippen LogP contribution in [0.3, 0.4) is 0 Å². The minimum Gasteiger partial charge on any atom is -0.327 e. The summed E-state index contributed by atoms with van der Waals surface area (Å²) >= 11 is 0. The quantitative estimate of drug-likeness (QED) is 0.803. The van der Waals surface area contributed by atoms with Crippen LogP contribution in [0.5, 0.6) is 0 Å². The highest BCUT2D eigenvalue weighted by Crippen LogP contribution is 2.31. The number of nitrogens with zero attached hydrogens (tertiary/aromatic N) is 3. The van der Waals surface area contributed by atoms with Crippen LogP contribution < -0.4 is 5.73 Å². The summed E-state index contributed by atoms with van der Waals surface area (Å²) in [4.78, 5) is 0. The van der Waals surface area contributed by atoms with Crippen LogP contribution in [0, 0.1) is 6.92 Å². The van der Waals surface area contributed by atoms with E-state index in [-0.39, 0.29) is 6.04 Å². The fraction of sp³-hybridized carbons (Fsp3) is 0.846. The molecule has 2 rings (SSSR count). The van der Waals surface area contributed by atoms with Crippen LogP contribution in [0.4, 0.5) is 0 Å². The smallest absolute Gasteiger partial charge is 0.137 e. The molecule has 0 spiro atoms. The average Bonchev–Trinajstić information content (AvgIpc) is 2.51. The van der Waals surface area contributed by atoms with Gasteiger partial charge in [-0.15, -0.1) is 10.2 Å². The summed E-state index contributed by atoms with van der Waals surface area (Å²) in [6, 6.07) is 0.661. The summed E-state index contributed by atoms with van der Waals surface area (Å²) in [5.74, 6) is 2.50. The van der Waals surface area contributed by atoms with E-state index in [4.69, 9.17) is 5.73 Å². The molecular weight excluding hydrogens is 212 g/mol. The Kier molecular flexibility index (Phi) is 3.82. The van der Waals surface area contributed by atoms with E-state index < -0.39 is 0 Å². The third-order valence-electron chi connectivity index (χ3n) is 3.81. The van der Waals surface area contributed by atoms with Gasteiger partial charge in [0.25, 0.3) is 0 Å². The van der Waals surface area contributed by atoms with Gasteiger partial charge in [0.2, 0.25) is 0 Å². The fourth-order valence-corrected chi connectivity index (χ4v) is 2.93. The van der Waals surface area contributed by atoms with Crippen molar-refractivity contribution in [2.24, 2.45) is 5.73 Å². The van der Waals surface area contributed by atoms with Crippen molar-refractivity contribution in [3.05, 3.63) is 11.6 Å². The van der Waals surface area contributed by atoms with Crippen LogP contribution in [0.25, 0.3) is 0 Å². The first-order chi connectivity index (χ1) is 8.11. The zero-order chi connectivity index (χ0) is 12.4. The molecule has 0 aromatic carbocycles. The van der Waals surface area contributed by atoms with Crippen LogP contribution in [-0.2, 0) is 0 Å². The molecule has 1 heterocycles. The largest absolute Gasteiger partial charge is 0.327 e. The van der Waals surface area contributed by atoms with E-state index >= 15 is 0 Å². The molecule has 1 aromatic rings. The molecule has 4 heteroatoms. The number of nitrogens with two attached hydrogens (primary N) is 1. The third kappa shape index (κ3) is 2.51. The van der Waals surface area contributed by atoms with Gasteiger partial charge in [0.15, 0.2) is 0 Å². The molecule has 0 saturated heterocycles. The molecule has 2 unspecified atom stereocenters. The van der Waals surface area contributed by atoms with Crippen molar-refractivity contribution in [3.8, 4) is 0 Å². The molecule has 1 aliphatic carbocycles. The highest BCUT2D eigenvalue weighted by atomic mass is 15.3. The van der Waals surface area contributed by atoms with Gasteiger partial charge in [-0.25, -0.2) is 0 Å². The van der Waals surface area contributed by atoms with Crippen molar-refractivity contribution in [2.45, 2.75) is 70.9 Å². The molecule has 1 aromatic heterocycles. The van der Waals surface area contributed by atoms with Crippen LogP contribution in [0.15, 0.2) is 0 Å². The number of rotatable bonds is 2. The molecule has 2 N–H and O–H groups in total. The Bertz CT molecular complexity index is 369. The van der Waals surface area contributed by atoms with Crippen molar-refractivity contribution in [3.63, 3.8) is 0 Å². The fourth-order valence-electron chi connectivity index (χ4n) is 2.93. The van der Waals surface area contributed by atoms with Gasteiger partial charge in [-0.2, -0.15) is 0 Å². The maximum Gasteiger partial charge on any atom is 0.137 e. The second-order valence-corrected chi connectivity index (χ2v) is 5.48. The van der Waals surface area contributed by atoms with Crippen molar-refractivity contribution >= 4 is 0 Å². The maximum absolute atomic E-state index is 6.31. The van der Waals surface area contributed by atoms with Crippen LogP contribution >= 0.6 is 0 Å². The molecule has 4 nitrogen and oxygen atoms in total. The highest BCUT2D eigenvalue weighted by molar-refractivity contribution is 5.06. The monoisotopic (exact) mass is 236 g/mol. The Morgan fingerprint density at radius 3 is 2.59 bits per heavy atom. The molecule has 0 bridgehead atoms. The number of aromatic nitrogens is 3. The Hall–Kier alpha value is -0.900. The van der Waals surface area contributed by atoms with Gasteiger partial charge in [-0.3, -0.25) is 0 Å². The van der Waals surface area contributed by atoms with Gasteiger partial charge in [0.05, 0.1) is 0 Å². The van der Waals surface area contributed by atoms with Crippen molar-refractivity contribution in [1.29, 1.82) is 0 Å². The Labute approximate surface area is 104 Å². The summed E-state index contributed by atoms with van der Waals surface area (Å²) < 4.78 is 2.25. The first-order valence-electron chi connectivity index (χ1n) is 6.78. The summed E-state index contributed by atoms with van der Waals surface area (Å²) in [6.07, 6.45) is 6.11. The molecule has 1 saturated carbocycles. The highest BCUT2D eigenvalue weighted by Gasteiger charge is 2.27. The zero-order valence-corrected chi connectivity index (χ0v) is 11.2. The standard InChI is InChI=1S/C13H24N4/c1-9(2)17-10(3)15-16-13(17)11-7-5-4-6-8-12(11)14/h9,11-12H,4-8,14H2,1-3H3. The first kappa shape index (κ1) is 12.6. The van der Waals surface area contributed by atoms with Crippen LogP contribution in [-0.4, -0.2) is 20.8 Å². The number of hydrogen-bond donors (Lipinski definition) is 1. The summed E-state index contributed by atoms with van der Waals surface area (Å²) in [6.45, 7) is 6.39. The summed E-state index contributed by atoms with van der Waals surface area (Å²) in [5.41, 5.74) is 6.31. The maximum atomic E-state index is 6.31. The second-order valence-electron chi connectivity index (χ2n) is 5.48. The summed E-state index contributed by atoms with van der Waals surface area (Å²) in [7, 11) is 0. The molecule has 0 aliphatic heterocycles. The SMILES string of the molecule is Cc1nnc(C2CCCCCC2N)n1C(C)C. The molecule has 1 fully saturated rings. The van der Waals surface area contributed by atoms with Crippen LogP contribution in [0.1, 0.15) is 69.6 Å². The van der Waals surface area contributed by atoms with E-state index in [2.05, 4.69) is 28.6 Å². The molecular formula is C13H24N4. The average molecular weight is 236 g/mol. The van der Waals surface area contributed by atoms with E-state index in [0.717, 1.165) is 24.5 Å². The van der Waals surface area contributed by atoms with E-state index in [9.17, 15) is 0 Å². The molecule has 96 valence electrons. The lowest BCUT2D eigenvalue weighted by Crippen LogP contribution is -2.30. The van der Waals surface area contributed by atoms with Gasteiger partial charge < -0.3 is 10.3 Å². The van der Waals surface area contributed by atoms with E-state index in [1.807, 2.05) is 6.92 Å². The van der Waals surface area contributed by atoms with Gasteiger partial charge >= 0.3 is 0 Å². The molecule has 17 heavy (non-hydrogen) atoms. The normalized spacial score (nSPS) is 26.2. The molecule has 1 aliphatic rings. The van der Waals surface area contributed by atoms with Crippen molar-refractivity contribution < 1.29 is 0 Å². The third-order valence-corrected chi connectivity index (χ3v) is 3.81. The zero-order valence-electron chi connectivity index (χ0n) is 11.2. The van der Waals surface area contributed by atoms with E-state index in [0.29, 0.717) is 12.0 Å². The Morgan fingerprint density at radius 1 is 1.18 bits per heavy atom. The predicted octanol–water partition coefficient (Wildman–Crippen LogP) is 2.54. The van der Waals surface area contributed by atoms with Gasteiger partial charge in [-0.1, -0.05) is 19.3 Å². The Morgan fingerprint density at radius 2 is 1.88 bits per heavy atom. The van der Waals surface area contributed by atoms with Crippen molar-refractivity contribution in [2.75, 3.05) is 0 Å². The van der Waals surface area contributed by atoms with Crippen molar-refractivity contribution in [1.82, 2.24) is 14.8 Å². The topological polar surface area (TPSA) is 56.7 Å². The first-order valence-corrected chi connectivity index (χ1v) is 6.78. The number of hydrogen-bond acceptors (Lipinski definition) is 3. The minimum absolute atomic E-state index is 0.249. The van der Waals surface area contributed by atoms with E-state index in [1.165, 1.54) is 19.3 Å². The van der Waals surface area contributed by atoms with Crippen LogP contribution in [0.2, 0.25) is 0 Å². The lowest BCUT2D eigenvalue weighted by atomic mass is 9.94.